The molecule has 0 unspecified atom stereocenters. The maximum absolute atomic E-state index is 13.0. The standard InChI is InChI=1S/C17H17F3N2O/c1-16(2,3)14-10-11(8-9-21-14)15(23)22-13-7-5-4-6-12(13)17(18,19)20/h4-10H,1-3H3,(H,22,23). The number of para-hydroxylation sites is 1. The molecule has 0 fully saturated rings. The van der Waals surface area contributed by atoms with Gasteiger partial charge in [-0.15, -0.1) is 0 Å². The van der Waals surface area contributed by atoms with Gasteiger partial charge in [-0.1, -0.05) is 32.9 Å². The average molecular weight is 322 g/mol. The Bertz CT molecular complexity index is 718. The van der Waals surface area contributed by atoms with Gasteiger partial charge in [0, 0.05) is 22.9 Å². The summed E-state index contributed by atoms with van der Waals surface area (Å²) in [7, 11) is 0. The van der Waals surface area contributed by atoms with E-state index in [9.17, 15) is 18.0 Å². The molecule has 1 N–H and O–H groups in total. The Morgan fingerprint density at radius 3 is 2.35 bits per heavy atom. The van der Waals surface area contributed by atoms with Gasteiger partial charge in [-0.05, 0) is 24.3 Å². The molecule has 1 aromatic heterocycles. The number of halogens is 3. The van der Waals surface area contributed by atoms with E-state index in [4.69, 9.17) is 0 Å². The van der Waals surface area contributed by atoms with Crippen LogP contribution in [-0.4, -0.2) is 10.9 Å². The fraction of sp³-hybridized carbons (Fsp3) is 0.294. The summed E-state index contributed by atoms with van der Waals surface area (Å²) < 4.78 is 38.9. The number of hydrogen-bond acceptors (Lipinski definition) is 2. The van der Waals surface area contributed by atoms with E-state index in [0.29, 0.717) is 5.69 Å². The molecule has 23 heavy (non-hydrogen) atoms. The van der Waals surface area contributed by atoms with Crippen molar-refractivity contribution < 1.29 is 18.0 Å². The van der Waals surface area contributed by atoms with Crippen LogP contribution in [0.3, 0.4) is 0 Å². The third-order valence-electron chi connectivity index (χ3n) is 3.27. The molecule has 1 heterocycles. The Morgan fingerprint density at radius 1 is 1.09 bits per heavy atom. The number of carbonyl (C=O) groups is 1. The van der Waals surface area contributed by atoms with Crippen molar-refractivity contribution in [3.05, 3.63) is 59.4 Å². The first kappa shape index (κ1) is 17.0. The summed E-state index contributed by atoms with van der Waals surface area (Å²) in [5, 5.41) is 2.33. The first-order chi connectivity index (χ1) is 10.6. The average Bonchev–Trinajstić information content (AvgIpc) is 2.46. The molecular weight excluding hydrogens is 305 g/mol. The van der Waals surface area contributed by atoms with Crippen LogP contribution in [0.4, 0.5) is 18.9 Å². The lowest BCUT2D eigenvalue weighted by Crippen LogP contribution is -2.19. The molecule has 2 aromatic rings. The normalized spacial score (nSPS) is 12.1. The number of carbonyl (C=O) groups excluding carboxylic acids is 1. The predicted molar refractivity (Wildman–Crippen MR) is 82.3 cm³/mol. The number of amides is 1. The van der Waals surface area contributed by atoms with Gasteiger partial charge in [0.1, 0.15) is 0 Å². The number of alkyl halides is 3. The number of anilines is 1. The summed E-state index contributed by atoms with van der Waals surface area (Å²) in [5.74, 6) is -0.602. The number of nitrogens with zero attached hydrogens (tertiary/aromatic N) is 1. The topological polar surface area (TPSA) is 42.0 Å². The van der Waals surface area contributed by atoms with Crippen molar-refractivity contribution >= 4 is 11.6 Å². The highest BCUT2D eigenvalue weighted by Gasteiger charge is 2.33. The van der Waals surface area contributed by atoms with E-state index in [1.165, 1.54) is 30.5 Å². The van der Waals surface area contributed by atoms with Gasteiger partial charge in [0.25, 0.3) is 5.91 Å². The van der Waals surface area contributed by atoms with Gasteiger partial charge in [0.15, 0.2) is 0 Å². The number of rotatable bonds is 2. The Balaban J connectivity index is 2.31. The lowest BCUT2D eigenvalue weighted by molar-refractivity contribution is -0.136. The van der Waals surface area contributed by atoms with Crippen LogP contribution in [0.25, 0.3) is 0 Å². The van der Waals surface area contributed by atoms with Crippen molar-refractivity contribution in [3.63, 3.8) is 0 Å². The van der Waals surface area contributed by atoms with E-state index in [2.05, 4.69) is 10.3 Å². The zero-order valence-corrected chi connectivity index (χ0v) is 13.0. The van der Waals surface area contributed by atoms with Gasteiger partial charge in [-0.25, -0.2) is 0 Å². The molecule has 0 aliphatic rings. The number of pyridine rings is 1. The Morgan fingerprint density at radius 2 is 1.74 bits per heavy atom. The molecule has 0 radical (unpaired) electrons. The fourth-order valence-corrected chi connectivity index (χ4v) is 2.02. The minimum atomic E-state index is -4.53. The maximum Gasteiger partial charge on any atom is 0.418 e. The predicted octanol–water partition coefficient (Wildman–Crippen LogP) is 4.65. The third kappa shape index (κ3) is 4.09. The molecule has 2 rings (SSSR count). The monoisotopic (exact) mass is 322 g/mol. The molecule has 0 spiro atoms. The van der Waals surface area contributed by atoms with E-state index in [-0.39, 0.29) is 16.7 Å². The van der Waals surface area contributed by atoms with E-state index < -0.39 is 17.6 Å². The smallest absolute Gasteiger partial charge is 0.321 e. The van der Waals surface area contributed by atoms with Crippen LogP contribution in [0.15, 0.2) is 42.6 Å². The Labute approximate surface area is 132 Å². The van der Waals surface area contributed by atoms with Crippen molar-refractivity contribution in [3.8, 4) is 0 Å². The van der Waals surface area contributed by atoms with Gasteiger partial charge in [0.05, 0.1) is 11.3 Å². The van der Waals surface area contributed by atoms with Gasteiger partial charge in [-0.3, -0.25) is 9.78 Å². The lowest BCUT2D eigenvalue weighted by atomic mass is 9.91. The summed E-state index contributed by atoms with van der Waals surface area (Å²) in [6.45, 7) is 5.82. The first-order valence-electron chi connectivity index (χ1n) is 7.03. The number of nitrogens with one attached hydrogen (secondary N) is 1. The van der Waals surface area contributed by atoms with Gasteiger partial charge in [-0.2, -0.15) is 13.2 Å². The van der Waals surface area contributed by atoms with Crippen LogP contribution >= 0.6 is 0 Å². The molecule has 0 bridgehead atoms. The molecule has 122 valence electrons. The van der Waals surface area contributed by atoms with E-state index in [1.807, 2.05) is 20.8 Å². The first-order valence-corrected chi connectivity index (χ1v) is 7.03. The van der Waals surface area contributed by atoms with Crippen molar-refractivity contribution in [2.24, 2.45) is 0 Å². The van der Waals surface area contributed by atoms with Crippen LogP contribution in [0.2, 0.25) is 0 Å². The largest absolute Gasteiger partial charge is 0.418 e. The SMILES string of the molecule is CC(C)(C)c1cc(C(=O)Nc2ccccc2C(F)(F)F)ccn1. The number of hydrogen-bond donors (Lipinski definition) is 1. The second kappa shape index (κ2) is 6.02. The number of benzene rings is 1. The van der Waals surface area contributed by atoms with E-state index in [0.717, 1.165) is 6.07 Å². The maximum atomic E-state index is 13.0. The van der Waals surface area contributed by atoms with Crippen molar-refractivity contribution in [2.75, 3.05) is 5.32 Å². The van der Waals surface area contributed by atoms with E-state index >= 15 is 0 Å². The van der Waals surface area contributed by atoms with Crippen LogP contribution in [0.5, 0.6) is 0 Å². The molecule has 0 aliphatic carbocycles. The van der Waals surface area contributed by atoms with Crippen LogP contribution < -0.4 is 5.32 Å². The summed E-state index contributed by atoms with van der Waals surface area (Å²) in [6.07, 6.45) is -3.05. The van der Waals surface area contributed by atoms with Crippen molar-refractivity contribution in [2.45, 2.75) is 32.4 Å². The second-order valence-corrected chi connectivity index (χ2v) is 6.18. The quantitative estimate of drug-likeness (QED) is 0.874. The summed E-state index contributed by atoms with van der Waals surface area (Å²) in [4.78, 5) is 16.5. The molecule has 1 amide bonds. The Kier molecular flexibility index (Phi) is 4.45. The highest BCUT2D eigenvalue weighted by molar-refractivity contribution is 6.04. The molecule has 3 nitrogen and oxygen atoms in total. The molecule has 0 saturated carbocycles. The summed E-state index contributed by atoms with van der Waals surface area (Å²) in [5.41, 5.74) is -0.450. The zero-order valence-electron chi connectivity index (χ0n) is 13.0. The number of aromatic nitrogens is 1. The Hall–Kier alpha value is -2.37. The van der Waals surface area contributed by atoms with Crippen molar-refractivity contribution in [1.29, 1.82) is 0 Å². The van der Waals surface area contributed by atoms with Crippen LogP contribution in [0, 0.1) is 0 Å². The minimum Gasteiger partial charge on any atom is -0.321 e. The highest BCUT2D eigenvalue weighted by Crippen LogP contribution is 2.34. The summed E-state index contributed by atoms with van der Waals surface area (Å²) >= 11 is 0. The lowest BCUT2D eigenvalue weighted by Gasteiger charge is -2.18. The highest BCUT2D eigenvalue weighted by atomic mass is 19.4. The van der Waals surface area contributed by atoms with Gasteiger partial charge < -0.3 is 5.32 Å². The molecule has 6 heteroatoms. The van der Waals surface area contributed by atoms with E-state index in [1.54, 1.807) is 6.07 Å². The van der Waals surface area contributed by atoms with Crippen LogP contribution in [0.1, 0.15) is 42.4 Å². The molecular formula is C17H17F3N2O. The fourth-order valence-electron chi connectivity index (χ4n) is 2.02. The van der Waals surface area contributed by atoms with Crippen LogP contribution in [-0.2, 0) is 11.6 Å². The van der Waals surface area contributed by atoms with Crippen molar-refractivity contribution in [1.82, 2.24) is 4.98 Å². The molecule has 0 saturated heterocycles. The second-order valence-electron chi connectivity index (χ2n) is 6.18. The van der Waals surface area contributed by atoms with Gasteiger partial charge >= 0.3 is 6.18 Å². The minimum absolute atomic E-state index is 0.264. The summed E-state index contributed by atoms with van der Waals surface area (Å²) in [6, 6.07) is 7.95. The molecule has 0 aliphatic heterocycles. The third-order valence-corrected chi connectivity index (χ3v) is 3.27. The molecule has 0 atom stereocenters. The zero-order chi connectivity index (χ0) is 17.3. The van der Waals surface area contributed by atoms with Gasteiger partial charge in [0.2, 0.25) is 0 Å². The molecule has 1 aromatic carbocycles.